The van der Waals surface area contributed by atoms with Crippen LogP contribution in [0.15, 0.2) is 47.8 Å². The van der Waals surface area contributed by atoms with E-state index in [2.05, 4.69) is 10.3 Å². The molecule has 0 aliphatic heterocycles. The molecule has 0 spiro atoms. The molecule has 150 valence electrons. The van der Waals surface area contributed by atoms with Crippen LogP contribution in [0.4, 0.5) is 5.13 Å². The average Bonchev–Trinajstić information content (AvgIpc) is 3.20. The first kappa shape index (κ1) is 20.2. The lowest BCUT2D eigenvalue weighted by atomic mass is 10.1. The molecule has 9 heteroatoms. The van der Waals surface area contributed by atoms with Gasteiger partial charge in [-0.2, -0.15) is 0 Å². The van der Waals surface area contributed by atoms with Crippen molar-refractivity contribution in [2.45, 2.75) is 0 Å². The number of hydrogen-bond donors (Lipinski definition) is 2. The van der Waals surface area contributed by atoms with E-state index in [1.54, 1.807) is 44.6 Å². The van der Waals surface area contributed by atoms with E-state index >= 15 is 0 Å². The molecule has 0 radical (unpaired) electrons. The maximum absolute atomic E-state index is 12.6. The quantitative estimate of drug-likeness (QED) is 0.587. The summed E-state index contributed by atoms with van der Waals surface area (Å²) in [5, 5.41) is 4.99. The van der Waals surface area contributed by atoms with Crippen LogP contribution in [0.5, 0.6) is 17.2 Å². The van der Waals surface area contributed by atoms with Crippen LogP contribution in [0, 0.1) is 0 Å². The van der Waals surface area contributed by atoms with Gasteiger partial charge in [-0.15, -0.1) is 11.3 Å². The second-order valence-corrected chi connectivity index (χ2v) is 6.67. The number of amides is 2. The molecule has 3 aromatic rings. The van der Waals surface area contributed by atoms with Gasteiger partial charge in [-0.25, -0.2) is 4.98 Å². The summed E-state index contributed by atoms with van der Waals surface area (Å²) in [7, 11) is 3.13. The first-order chi connectivity index (χ1) is 14.0. The highest BCUT2D eigenvalue weighted by molar-refractivity contribution is 7.14. The van der Waals surface area contributed by atoms with Crippen LogP contribution in [-0.2, 0) is 4.79 Å². The Morgan fingerprint density at radius 1 is 1.07 bits per heavy atom. The van der Waals surface area contributed by atoms with Gasteiger partial charge in [0.15, 0.2) is 23.2 Å². The molecule has 2 amide bonds. The van der Waals surface area contributed by atoms with Crippen LogP contribution in [0.25, 0.3) is 11.3 Å². The molecule has 3 N–H and O–H groups in total. The Hall–Kier alpha value is -3.59. The van der Waals surface area contributed by atoms with Crippen molar-refractivity contribution in [3.63, 3.8) is 0 Å². The molecule has 2 aromatic carbocycles. The smallest absolute Gasteiger partial charge is 0.261 e. The fraction of sp³-hybridized carbons (Fsp3) is 0.150. The summed E-state index contributed by atoms with van der Waals surface area (Å²) >= 11 is 1.28. The zero-order chi connectivity index (χ0) is 20.8. The van der Waals surface area contributed by atoms with Crippen molar-refractivity contribution < 1.29 is 23.8 Å². The highest BCUT2D eigenvalue weighted by atomic mass is 32.1. The monoisotopic (exact) mass is 413 g/mol. The van der Waals surface area contributed by atoms with E-state index in [-0.39, 0.29) is 17.9 Å². The number of rotatable bonds is 8. The largest absolute Gasteiger partial charge is 0.493 e. The molecule has 0 atom stereocenters. The number of nitrogens with one attached hydrogen (secondary N) is 1. The van der Waals surface area contributed by atoms with Crippen LogP contribution in [0.1, 0.15) is 10.4 Å². The Labute approximate surface area is 171 Å². The van der Waals surface area contributed by atoms with Gasteiger partial charge in [0.25, 0.3) is 11.8 Å². The van der Waals surface area contributed by atoms with Crippen molar-refractivity contribution in [1.29, 1.82) is 0 Å². The summed E-state index contributed by atoms with van der Waals surface area (Å²) < 4.78 is 15.9. The fourth-order valence-corrected chi connectivity index (χ4v) is 3.27. The summed E-state index contributed by atoms with van der Waals surface area (Å²) in [5.41, 5.74) is 6.88. The molecule has 3 rings (SSSR count). The molecule has 1 heterocycles. The SMILES string of the molecule is COc1ccc(-c2csc(NC(=O)c3ccccc3OCC(N)=O)n2)cc1OC. The van der Waals surface area contributed by atoms with Gasteiger partial charge in [0.05, 0.1) is 25.5 Å². The lowest BCUT2D eigenvalue weighted by molar-refractivity contribution is -0.119. The minimum atomic E-state index is -0.625. The normalized spacial score (nSPS) is 10.3. The van der Waals surface area contributed by atoms with Crippen LogP contribution in [0.2, 0.25) is 0 Å². The van der Waals surface area contributed by atoms with Crippen molar-refractivity contribution in [3.8, 4) is 28.5 Å². The number of nitrogens with zero attached hydrogens (tertiary/aromatic N) is 1. The first-order valence-corrected chi connectivity index (χ1v) is 9.39. The minimum absolute atomic E-state index is 0.264. The molecule has 1 aromatic heterocycles. The van der Waals surface area contributed by atoms with E-state index in [1.165, 1.54) is 11.3 Å². The molecule has 0 saturated carbocycles. The third-order valence-corrected chi connectivity index (χ3v) is 4.66. The van der Waals surface area contributed by atoms with E-state index < -0.39 is 11.8 Å². The Bertz CT molecular complexity index is 1030. The topological polar surface area (TPSA) is 113 Å². The van der Waals surface area contributed by atoms with Gasteiger partial charge in [-0.1, -0.05) is 12.1 Å². The van der Waals surface area contributed by atoms with Crippen LogP contribution >= 0.6 is 11.3 Å². The standard InChI is InChI=1S/C20H19N3O5S/c1-26-16-8-7-12(9-17(16)27-2)14-11-29-20(22-14)23-19(25)13-5-3-4-6-15(13)28-10-18(21)24/h3-9,11H,10H2,1-2H3,(H2,21,24)(H,22,23,25). The van der Waals surface area contributed by atoms with Gasteiger partial charge >= 0.3 is 0 Å². The van der Waals surface area contributed by atoms with Gasteiger partial charge in [0, 0.05) is 10.9 Å². The Morgan fingerprint density at radius 2 is 1.83 bits per heavy atom. The van der Waals surface area contributed by atoms with Crippen LogP contribution < -0.4 is 25.3 Å². The van der Waals surface area contributed by atoms with Crippen molar-refractivity contribution >= 4 is 28.3 Å². The number of hydrogen-bond acceptors (Lipinski definition) is 7. The average molecular weight is 413 g/mol. The molecule has 0 fully saturated rings. The zero-order valence-corrected chi connectivity index (χ0v) is 16.6. The van der Waals surface area contributed by atoms with E-state index in [1.807, 2.05) is 17.5 Å². The van der Waals surface area contributed by atoms with Crippen LogP contribution in [-0.4, -0.2) is 37.6 Å². The Balaban J connectivity index is 1.77. The third-order valence-electron chi connectivity index (χ3n) is 3.91. The molecule has 29 heavy (non-hydrogen) atoms. The number of methoxy groups -OCH3 is 2. The lowest BCUT2D eigenvalue weighted by Gasteiger charge is -2.09. The number of nitrogens with two attached hydrogens (primary N) is 1. The number of primary amides is 1. The molecular weight excluding hydrogens is 394 g/mol. The van der Waals surface area contributed by atoms with Gasteiger partial charge in [-0.05, 0) is 30.3 Å². The van der Waals surface area contributed by atoms with E-state index in [4.69, 9.17) is 19.9 Å². The maximum atomic E-state index is 12.6. The lowest BCUT2D eigenvalue weighted by Crippen LogP contribution is -2.21. The predicted molar refractivity (Wildman–Crippen MR) is 110 cm³/mol. The minimum Gasteiger partial charge on any atom is -0.493 e. The number of ether oxygens (including phenoxy) is 3. The molecule has 8 nitrogen and oxygen atoms in total. The van der Waals surface area contributed by atoms with E-state index in [0.717, 1.165) is 5.56 Å². The molecular formula is C20H19N3O5S. The molecule has 0 bridgehead atoms. The number of anilines is 1. The third kappa shape index (κ3) is 4.82. The fourth-order valence-electron chi connectivity index (χ4n) is 2.55. The molecule has 0 unspecified atom stereocenters. The number of thiazole rings is 1. The highest BCUT2D eigenvalue weighted by Crippen LogP contribution is 2.33. The van der Waals surface area contributed by atoms with Crippen molar-refractivity contribution in [1.82, 2.24) is 4.98 Å². The van der Waals surface area contributed by atoms with Crippen molar-refractivity contribution in [2.75, 3.05) is 26.1 Å². The summed E-state index contributed by atoms with van der Waals surface area (Å²) in [5.74, 6) is 0.440. The maximum Gasteiger partial charge on any atom is 0.261 e. The molecule has 0 saturated heterocycles. The van der Waals surface area contributed by atoms with Crippen LogP contribution in [0.3, 0.4) is 0 Å². The zero-order valence-electron chi connectivity index (χ0n) is 15.8. The number of aromatic nitrogens is 1. The number of carbonyl (C=O) groups is 2. The van der Waals surface area contributed by atoms with Gasteiger partial charge < -0.3 is 19.9 Å². The van der Waals surface area contributed by atoms with Crippen molar-refractivity contribution in [3.05, 3.63) is 53.4 Å². The molecule has 0 aliphatic carbocycles. The first-order valence-electron chi connectivity index (χ1n) is 8.51. The van der Waals surface area contributed by atoms with Gasteiger partial charge in [-0.3, -0.25) is 14.9 Å². The second-order valence-electron chi connectivity index (χ2n) is 5.81. The van der Waals surface area contributed by atoms with E-state index in [0.29, 0.717) is 22.3 Å². The van der Waals surface area contributed by atoms with Gasteiger partial charge in [0.2, 0.25) is 0 Å². The highest BCUT2D eigenvalue weighted by Gasteiger charge is 2.15. The summed E-state index contributed by atoms with van der Waals surface area (Å²) in [6, 6.07) is 12.0. The molecule has 0 aliphatic rings. The number of benzene rings is 2. The van der Waals surface area contributed by atoms with E-state index in [9.17, 15) is 9.59 Å². The summed E-state index contributed by atoms with van der Waals surface area (Å²) in [4.78, 5) is 28.0. The second kappa shape index (κ2) is 9.07. The van der Waals surface area contributed by atoms with Gasteiger partial charge in [0.1, 0.15) is 5.75 Å². The Morgan fingerprint density at radius 3 is 2.55 bits per heavy atom. The predicted octanol–water partition coefficient (Wildman–Crippen LogP) is 2.94. The summed E-state index contributed by atoms with van der Waals surface area (Å²) in [6.45, 7) is -0.314. The summed E-state index contributed by atoms with van der Waals surface area (Å²) in [6.07, 6.45) is 0. The number of para-hydroxylation sites is 1. The van der Waals surface area contributed by atoms with Crippen molar-refractivity contribution in [2.24, 2.45) is 5.73 Å². The number of carbonyl (C=O) groups excluding carboxylic acids is 2. The Kier molecular flexibility index (Phi) is 6.30.